The van der Waals surface area contributed by atoms with E-state index in [9.17, 15) is 0 Å². The van der Waals surface area contributed by atoms with Crippen LogP contribution in [0, 0.1) is 0 Å². The van der Waals surface area contributed by atoms with Crippen LogP contribution in [0.4, 0.5) is 0 Å². The fourth-order valence-corrected chi connectivity index (χ4v) is 0.988. The van der Waals surface area contributed by atoms with E-state index in [1.165, 1.54) is 5.56 Å². The first-order valence-corrected chi connectivity index (χ1v) is 3.67. The van der Waals surface area contributed by atoms with E-state index in [1.54, 1.807) is 0 Å². The molecule has 2 N–H and O–H groups in total. The van der Waals surface area contributed by atoms with Gasteiger partial charge in [0.2, 0.25) is 0 Å². The van der Waals surface area contributed by atoms with Crippen LogP contribution in [0.15, 0.2) is 24.3 Å². The molecule has 1 rings (SSSR count). The minimum Gasteiger partial charge on any atom is -0.870 e. The van der Waals surface area contributed by atoms with Gasteiger partial charge in [-0.05, 0) is 0 Å². The van der Waals surface area contributed by atoms with Crippen LogP contribution < -0.4 is 5.46 Å². The predicted molar refractivity (Wildman–Crippen MR) is 53.1 cm³/mol. The maximum Gasteiger partial charge on any atom is -0.870 e. The second-order valence-electron chi connectivity index (χ2n) is 2.98. The average Bonchev–Trinajstić information content (AvgIpc) is 1.93. The van der Waals surface area contributed by atoms with Gasteiger partial charge in [0.1, 0.15) is 0 Å². The molecule has 0 radical (unpaired) electrons. The summed E-state index contributed by atoms with van der Waals surface area (Å²) in [6.45, 7) is 0.972. The van der Waals surface area contributed by atoms with Crippen molar-refractivity contribution in [2.45, 2.75) is 6.54 Å². The van der Waals surface area contributed by atoms with Crippen molar-refractivity contribution in [3.05, 3.63) is 29.8 Å². The van der Waals surface area contributed by atoms with Gasteiger partial charge < -0.3 is 11.0 Å². The molecule has 0 bridgehead atoms. The largest absolute Gasteiger partial charge is 0.870 e. The molecule has 4 heteroatoms. The Morgan fingerprint density at radius 3 is 1.92 bits per heavy atom. The molecule has 0 aliphatic heterocycles. The third-order valence-electron chi connectivity index (χ3n) is 1.48. The van der Waals surface area contributed by atoms with Gasteiger partial charge in [-0.2, -0.15) is 0 Å². The fraction of sp³-hybridized carbons (Fsp3) is 0.333. The molecular formula is C9H14BNO2. The van der Waals surface area contributed by atoms with Crippen LogP contribution in [0.5, 0.6) is 0 Å². The number of benzene rings is 1. The Kier molecular flexibility index (Phi) is 7.51. The standard InChI is InChI=1S/C9H12BN.2H2O/c1-11(2)7-8-3-5-9(10)6-4-8;;/h3-6H,7H2,1-2H3;2*1H2/q+2;;/p-2. The zero-order valence-corrected chi connectivity index (χ0v) is 7.94. The van der Waals surface area contributed by atoms with Gasteiger partial charge in [0, 0.05) is 0 Å². The van der Waals surface area contributed by atoms with Crippen molar-refractivity contribution < 1.29 is 11.0 Å². The second kappa shape index (κ2) is 6.66. The van der Waals surface area contributed by atoms with Crippen molar-refractivity contribution in [1.82, 2.24) is 4.90 Å². The van der Waals surface area contributed by atoms with Crippen LogP contribution in [-0.2, 0) is 6.54 Å². The Hall–Kier alpha value is -0.835. The molecule has 1 aromatic carbocycles. The molecular weight excluding hydrogens is 165 g/mol. The number of hydrogen-bond acceptors (Lipinski definition) is 3. The van der Waals surface area contributed by atoms with Gasteiger partial charge in [-0.15, -0.1) is 0 Å². The maximum absolute atomic E-state index is 5.54. The topological polar surface area (TPSA) is 63.2 Å². The molecule has 70 valence electrons. The van der Waals surface area contributed by atoms with Gasteiger partial charge in [-0.25, -0.2) is 0 Å². The van der Waals surface area contributed by atoms with Crippen LogP contribution in [0.25, 0.3) is 0 Å². The summed E-state index contributed by atoms with van der Waals surface area (Å²) in [5.74, 6) is 0. The van der Waals surface area contributed by atoms with Gasteiger partial charge in [0.05, 0.1) is 0 Å². The van der Waals surface area contributed by atoms with E-state index >= 15 is 0 Å². The normalized spacial score (nSPS) is 9.00. The van der Waals surface area contributed by atoms with Crippen LogP contribution in [-0.4, -0.2) is 37.8 Å². The minimum atomic E-state index is 0. The summed E-state index contributed by atoms with van der Waals surface area (Å²) >= 11 is 0. The molecule has 3 nitrogen and oxygen atoms in total. The molecule has 0 saturated heterocycles. The molecule has 13 heavy (non-hydrogen) atoms. The SMILES string of the molecule is [B+2]c1ccc(CN(C)C)cc1.[OH-].[OH-]. The molecule has 0 saturated carbocycles. The smallest absolute Gasteiger partial charge is 0.870 e. The first kappa shape index (κ1) is 14.7. The summed E-state index contributed by atoms with van der Waals surface area (Å²) in [5, 5.41) is 0. The summed E-state index contributed by atoms with van der Waals surface area (Å²) in [4.78, 5) is 2.13. The quantitative estimate of drug-likeness (QED) is 0.608. The monoisotopic (exact) mass is 179 g/mol. The van der Waals surface area contributed by atoms with Crippen LogP contribution in [0.2, 0.25) is 0 Å². The summed E-state index contributed by atoms with van der Waals surface area (Å²) in [6.07, 6.45) is 0. The van der Waals surface area contributed by atoms with E-state index < -0.39 is 0 Å². The van der Waals surface area contributed by atoms with Crippen LogP contribution in [0.3, 0.4) is 0 Å². The molecule has 1 aromatic rings. The molecule has 0 atom stereocenters. The van der Waals surface area contributed by atoms with Crippen molar-refractivity contribution >= 4 is 13.3 Å². The van der Waals surface area contributed by atoms with Gasteiger partial charge in [0.25, 0.3) is 0 Å². The van der Waals surface area contributed by atoms with E-state index in [0.29, 0.717) is 0 Å². The van der Waals surface area contributed by atoms with Crippen LogP contribution >= 0.6 is 0 Å². The Morgan fingerprint density at radius 2 is 1.54 bits per heavy atom. The molecule has 0 aromatic heterocycles. The van der Waals surface area contributed by atoms with Crippen LogP contribution in [0.1, 0.15) is 5.56 Å². The molecule has 0 amide bonds. The third kappa shape index (κ3) is 5.41. The van der Waals surface area contributed by atoms with Gasteiger partial charge in [0.15, 0.2) is 0 Å². The maximum atomic E-state index is 5.54. The van der Waals surface area contributed by atoms with Crippen molar-refractivity contribution in [3.63, 3.8) is 0 Å². The number of hydrogen-bond donors (Lipinski definition) is 0. The third-order valence-corrected chi connectivity index (χ3v) is 1.48. The number of rotatable bonds is 2. The molecule has 0 aliphatic rings. The Labute approximate surface area is 80.4 Å². The van der Waals surface area contributed by atoms with Crippen molar-refractivity contribution in [2.24, 2.45) is 0 Å². The summed E-state index contributed by atoms with van der Waals surface area (Å²) in [6, 6.07) is 7.96. The molecule has 0 spiro atoms. The van der Waals surface area contributed by atoms with E-state index in [0.717, 1.165) is 12.0 Å². The van der Waals surface area contributed by atoms with Crippen molar-refractivity contribution in [1.29, 1.82) is 0 Å². The molecule has 0 unspecified atom stereocenters. The zero-order valence-electron chi connectivity index (χ0n) is 7.94. The Bertz CT molecular complexity index is 224. The van der Waals surface area contributed by atoms with E-state index in [2.05, 4.69) is 31.1 Å². The van der Waals surface area contributed by atoms with E-state index in [-0.39, 0.29) is 11.0 Å². The first-order chi connectivity index (χ1) is 5.18. The molecule has 0 aliphatic carbocycles. The van der Waals surface area contributed by atoms with E-state index in [1.807, 2.05) is 12.1 Å². The van der Waals surface area contributed by atoms with Gasteiger partial charge in [-0.3, -0.25) is 0 Å². The Balaban J connectivity index is 0. The zero-order chi connectivity index (χ0) is 8.27. The molecule has 0 fully saturated rings. The summed E-state index contributed by atoms with van der Waals surface area (Å²) in [5.41, 5.74) is 2.12. The van der Waals surface area contributed by atoms with Crippen molar-refractivity contribution in [2.75, 3.05) is 14.1 Å². The first-order valence-electron chi connectivity index (χ1n) is 3.67. The summed E-state index contributed by atoms with van der Waals surface area (Å²) < 4.78 is 0. The molecule has 0 heterocycles. The van der Waals surface area contributed by atoms with E-state index in [4.69, 9.17) is 7.85 Å². The summed E-state index contributed by atoms with van der Waals surface area (Å²) in [7, 11) is 9.65. The second-order valence-corrected chi connectivity index (χ2v) is 2.98. The predicted octanol–water partition coefficient (Wildman–Crippen LogP) is 0.188. The minimum absolute atomic E-state index is 0. The van der Waals surface area contributed by atoms with Gasteiger partial charge >= 0.3 is 68.7 Å². The number of nitrogens with zero attached hydrogens (tertiary/aromatic N) is 1. The van der Waals surface area contributed by atoms with Crippen molar-refractivity contribution in [3.8, 4) is 0 Å². The van der Waals surface area contributed by atoms with Gasteiger partial charge in [-0.1, -0.05) is 0 Å². The Morgan fingerprint density at radius 1 is 1.08 bits per heavy atom. The average molecular weight is 179 g/mol. The fourth-order valence-electron chi connectivity index (χ4n) is 0.988.